The van der Waals surface area contributed by atoms with E-state index in [4.69, 9.17) is 4.74 Å². The molecule has 2 aromatic rings. The molecule has 0 spiro atoms. The van der Waals surface area contributed by atoms with Crippen LogP contribution in [0.4, 0.5) is 4.79 Å². The monoisotopic (exact) mass is 343 g/mol. The summed E-state index contributed by atoms with van der Waals surface area (Å²) in [6.45, 7) is 1.000. The molecule has 2 rings (SSSR count). The van der Waals surface area contributed by atoms with Crippen molar-refractivity contribution < 1.29 is 14.3 Å². The molecule has 4 nitrogen and oxygen atoms in total. The van der Waals surface area contributed by atoms with E-state index in [0.29, 0.717) is 19.5 Å². The first kappa shape index (κ1) is 18.1. The first-order chi connectivity index (χ1) is 11.7. The Labute approximate surface area is 146 Å². The second-order valence-electron chi connectivity index (χ2n) is 5.27. The van der Waals surface area contributed by atoms with E-state index in [1.54, 1.807) is 11.2 Å². The summed E-state index contributed by atoms with van der Waals surface area (Å²) in [5, 5.41) is 0.0592. The number of carbonyl (C=O) groups is 2. The molecule has 0 aromatic heterocycles. The summed E-state index contributed by atoms with van der Waals surface area (Å²) in [7, 11) is 0. The molecule has 0 atom stereocenters. The summed E-state index contributed by atoms with van der Waals surface area (Å²) in [5.41, 5.74) is 1.94. The van der Waals surface area contributed by atoms with Crippen molar-refractivity contribution in [3.63, 3.8) is 0 Å². The third-order valence-corrected chi connectivity index (χ3v) is 4.15. The Morgan fingerprint density at radius 1 is 0.958 bits per heavy atom. The van der Waals surface area contributed by atoms with E-state index in [0.717, 1.165) is 11.1 Å². The predicted octanol–water partition coefficient (Wildman–Crippen LogP) is 4.11. The van der Waals surface area contributed by atoms with Crippen LogP contribution in [0, 0.1) is 0 Å². The molecule has 0 bridgehead atoms. The van der Waals surface area contributed by atoms with Crippen molar-refractivity contribution >= 4 is 23.0 Å². The van der Waals surface area contributed by atoms with E-state index in [2.05, 4.69) is 0 Å². The number of carbonyl (C=O) groups excluding carboxylic acids is 2. The molecule has 24 heavy (non-hydrogen) atoms. The molecular formula is C19H21NO3S. The Kier molecular flexibility index (Phi) is 7.36. The predicted molar refractivity (Wildman–Crippen MR) is 96.6 cm³/mol. The van der Waals surface area contributed by atoms with Gasteiger partial charge in [0.1, 0.15) is 6.61 Å². The Bertz CT molecular complexity index is 646. The zero-order valence-electron chi connectivity index (χ0n) is 13.7. The van der Waals surface area contributed by atoms with Crippen molar-refractivity contribution in [2.24, 2.45) is 0 Å². The molecule has 0 aliphatic rings. The van der Waals surface area contributed by atoms with Crippen molar-refractivity contribution in [3.05, 3.63) is 71.8 Å². The normalized spacial score (nSPS) is 10.2. The molecule has 0 aliphatic carbocycles. The molecule has 0 saturated heterocycles. The van der Waals surface area contributed by atoms with Crippen molar-refractivity contribution in [2.45, 2.75) is 19.6 Å². The number of hydrogen-bond donors (Lipinski definition) is 0. The molecule has 0 unspecified atom stereocenters. The highest BCUT2D eigenvalue weighted by molar-refractivity contribution is 8.13. The van der Waals surface area contributed by atoms with Crippen molar-refractivity contribution in [1.82, 2.24) is 4.90 Å². The van der Waals surface area contributed by atoms with Crippen LogP contribution in [0.1, 0.15) is 17.5 Å². The smallest absolute Gasteiger partial charge is 0.410 e. The fourth-order valence-corrected chi connectivity index (χ4v) is 2.47. The van der Waals surface area contributed by atoms with Gasteiger partial charge in [-0.1, -0.05) is 72.4 Å². The van der Waals surface area contributed by atoms with Gasteiger partial charge >= 0.3 is 6.09 Å². The van der Waals surface area contributed by atoms with Gasteiger partial charge in [-0.25, -0.2) is 4.79 Å². The third-order valence-electron chi connectivity index (χ3n) is 3.49. The summed E-state index contributed by atoms with van der Waals surface area (Å²) >= 11 is 1.18. The Morgan fingerprint density at radius 3 is 2.12 bits per heavy atom. The van der Waals surface area contributed by atoms with Crippen LogP contribution in [-0.4, -0.2) is 28.9 Å². The molecule has 2 aromatic carbocycles. The van der Waals surface area contributed by atoms with Gasteiger partial charge in [0.15, 0.2) is 5.12 Å². The standard InChI is InChI=1S/C19H21NO3S/c1-24-18(21)12-13-20(14-16-8-4-2-5-9-16)19(22)23-15-17-10-6-3-7-11-17/h2-11H,12-15H2,1H3. The first-order valence-electron chi connectivity index (χ1n) is 7.75. The molecular weight excluding hydrogens is 322 g/mol. The maximum absolute atomic E-state index is 12.4. The van der Waals surface area contributed by atoms with Crippen LogP contribution >= 0.6 is 11.8 Å². The van der Waals surface area contributed by atoms with Crippen molar-refractivity contribution in [1.29, 1.82) is 0 Å². The number of thioether (sulfide) groups is 1. The number of rotatable bonds is 7. The van der Waals surface area contributed by atoms with Gasteiger partial charge < -0.3 is 9.64 Å². The summed E-state index contributed by atoms with van der Waals surface area (Å²) in [4.78, 5) is 25.5. The van der Waals surface area contributed by atoms with E-state index in [1.807, 2.05) is 60.7 Å². The lowest BCUT2D eigenvalue weighted by Crippen LogP contribution is -2.32. The van der Waals surface area contributed by atoms with E-state index >= 15 is 0 Å². The Balaban J connectivity index is 1.97. The highest BCUT2D eigenvalue weighted by Crippen LogP contribution is 2.10. The molecule has 5 heteroatoms. The molecule has 0 saturated carbocycles. The van der Waals surface area contributed by atoms with E-state index < -0.39 is 6.09 Å². The molecule has 126 valence electrons. The lowest BCUT2D eigenvalue weighted by Gasteiger charge is -2.22. The lowest BCUT2D eigenvalue weighted by atomic mass is 10.2. The number of nitrogens with zero attached hydrogens (tertiary/aromatic N) is 1. The van der Waals surface area contributed by atoms with Crippen LogP contribution < -0.4 is 0 Å². The van der Waals surface area contributed by atoms with E-state index in [9.17, 15) is 9.59 Å². The first-order valence-corrected chi connectivity index (χ1v) is 8.98. The maximum atomic E-state index is 12.4. The SMILES string of the molecule is CSC(=O)CCN(Cc1ccccc1)C(=O)OCc1ccccc1. The Morgan fingerprint density at radius 2 is 1.54 bits per heavy atom. The summed E-state index contributed by atoms with van der Waals surface area (Å²) in [5.74, 6) is 0. The zero-order valence-corrected chi connectivity index (χ0v) is 14.5. The fraction of sp³-hybridized carbons (Fsp3) is 0.263. The molecule has 0 aliphatic heterocycles. The van der Waals surface area contributed by atoms with Gasteiger partial charge in [0.25, 0.3) is 0 Å². The van der Waals surface area contributed by atoms with Crippen LogP contribution in [0.3, 0.4) is 0 Å². The minimum absolute atomic E-state index is 0.0592. The van der Waals surface area contributed by atoms with Crippen LogP contribution in [-0.2, 0) is 22.7 Å². The quantitative estimate of drug-likeness (QED) is 0.759. The van der Waals surface area contributed by atoms with Gasteiger partial charge in [0.2, 0.25) is 0 Å². The Hall–Kier alpha value is -2.27. The number of hydrogen-bond acceptors (Lipinski definition) is 4. The largest absolute Gasteiger partial charge is 0.445 e. The van der Waals surface area contributed by atoms with Gasteiger partial charge in [-0.15, -0.1) is 0 Å². The number of ether oxygens (including phenoxy) is 1. The van der Waals surface area contributed by atoms with Gasteiger partial charge in [0.05, 0.1) is 0 Å². The van der Waals surface area contributed by atoms with Crippen molar-refractivity contribution in [2.75, 3.05) is 12.8 Å². The zero-order chi connectivity index (χ0) is 17.2. The highest BCUT2D eigenvalue weighted by Gasteiger charge is 2.17. The van der Waals surface area contributed by atoms with Gasteiger partial charge in [-0.05, 0) is 17.4 Å². The average Bonchev–Trinajstić information content (AvgIpc) is 2.64. The molecule has 0 N–H and O–H groups in total. The van der Waals surface area contributed by atoms with Crippen LogP contribution in [0.15, 0.2) is 60.7 Å². The molecule has 0 heterocycles. The molecule has 0 radical (unpaired) electrons. The summed E-state index contributed by atoms with van der Waals surface area (Å²) in [6, 6.07) is 19.2. The van der Waals surface area contributed by atoms with Crippen LogP contribution in [0.25, 0.3) is 0 Å². The number of amides is 1. The lowest BCUT2D eigenvalue weighted by molar-refractivity contribution is -0.111. The van der Waals surface area contributed by atoms with Crippen LogP contribution in [0.2, 0.25) is 0 Å². The second-order valence-corrected chi connectivity index (χ2v) is 6.14. The fourth-order valence-electron chi connectivity index (χ4n) is 2.18. The highest BCUT2D eigenvalue weighted by atomic mass is 32.2. The summed E-state index contributed by atoms with van der Waals surface area (Å²) in [6.07, 6.45) is 1.66. The van der Waals surface area contributed by atoms with Gasteiger partial charge in [-0.3, -0.25) is 4.79 Å². The second kappa shape index (κ2) is 9.78. The minimum atomic E-state index is -0.406. The van der Waals surface area contributed by atoms with E-state index in [1.165, 1.54) is 11.8 Å². The topological polar surface area (TPSA) is 46.6 Å². The van der Waals surface area contributed by atoms with Gasteiger partial charge in [-0.2, -0.15) is 0 Å². The minimum Gasteiger partial charge on any atom is -0.445 e. The molecule has 0 fully saturated rings. The van der Waals surface area contributed by atoms with Crippen LogP contribution in [0.5, 0.6) is 0 Å². The van der Waals surface area contributed by atoms with E-state index in [-0.39, 0.29) is 11.7 Å². The summed E-state index contributed by atoms with van der Waals surface area (Å²) < 4.78 is 5.40. The van der Waals surface area contributed by atoms with Gasteiger partial charge in [0, 0.05) is 19.5 Å². The molecule has 1 amide bonds. The van der Waals surface area contributed by atoms with Crippen molar-refractivity contribution in [3.8, 4) is 0 Å². The average molecular weight is 343 g/mol. The third kappa shape index (κ3) is 6.08. The number of benzene rings is 2. The maximum Gasteiger partial charge on any atom is 0.410 e.